The number of benzene rings is 1. The number of aliphatic hydroxyl groups is 1. The van der Waals surface area contributed by atoms with E-state index in [1.54, 1.807) is 27.4 Å². The molecule has 22 heavy (non-hydrogen) atoms. The predicted molar refractivity (Wildman–Crippen MR) is 84.0 cm³/mol. The van der Waals surface area contributed by atoms with Gasteiger partial charge < -0.3 is 19.0 Å². The Hall–Kier alpha value is -1.98. The molecule has 0 aliphatic heterocycles. The molecule has 0 amide bonds. The van der Waals surface area contributed by atoms with Gasteiger partial charge in [-0.05, 0) is 36.8 Å². The molecular formula is C17H23NO4. The molecule has 0 spiro atoms. The van der Waals surface area contributed by atoms with Crippen LogP contribution in [0.25, 0.3) is 0 Å². The van der Waals surface area contributed by atoms with Crippen molar-refractivity contribution in [2.75, 3.05) is 20.8 Å². The average Bonchev–Trinajstić information content (AvgIpc) is 2.99. The van der Waals surface area contributed by atoms with Crippen LogP contribution in [0.5, 0.6) is 11.5 Å². The Labute approximate surface area is 131 Å². The summed E-state index contributed by atoms with van der Waals surface area (Å²) in [4.78, 5) is 2.13. The number of aliphatic hydroxyl groups excluding tert-OH is 1. The third-order valence-electron chi connectivity index (χ3n) is 3.34. The molecule has 0 saturated carbocycles. The lowest BCUT2D eigenvalue weighted by molar-refractivity contribution is 0.113. The van der Waals surface area contributed by atoms with Crippen LogP contribution >= 0.6 is 0 Å². The summed E-state index contributed by atoms with van der Waals surface area (Å²) in [6, 6.07) is 9.64. The van der Waals surface area contributed by atoms with Crippen molar-refractivity contribution in [3.05, 3.63) is 47.9 Å². The first kappa shape index (κ1) is 16.4. The Kier molecular flexibility index (Phi) is 5.86. The van der Waals surface area contributed by atoms with E-state index in [9.17, 15) is 5.11 Å². The summed E-state index contributed by atoms with van der Waals surface area (Å²) in [5, 5.41) is 9.70. The monoisotopic (exact) mass is 305 g/mol. The number of rotatable bonds is 8. The van der Waals surface area contributed by atoms with Crippen LogP contribution in [0.3, 0.4) is 0 Å². The van der Waals surface area contributed by atoms with Gasteiger partial charge >= 0.3 is 0 Å². The minimum atomic E-state index is -0.407. The lowest BCUT2D eigenvalue weighted by Crippen LogP contribution is -2.30. The van der Waals surface area contributed by atoms with E-state index in [0.29, 0.717) is 31.1 Å². The van der Waals surface area contributed by atoms with E-state index in [2.05, 4.69) is 4.90 Å². The minimum Gasteiger partial charge on any atom is -0.493 e. The third kappa shape index (κ3) is 4.51. The standard InChI is InChI=1S/C17H23NO4/c1-13(19)10-18(12-15-5-4-8-22-15)11-14-6-7-16(20-2)17(9-14)21-3/h4-9,13,19H,10-12H2,1-3H3/t13-/m1/s1. The van der Waals surface area contributed by atoms with Gasteiger partial charge in [-0.25, -0.2) is 0 Å². The highest BCUT2D eigenvalue weighted by Crippen LogP contribution is 2.28. The van der Waals surface area contributed by atoms with Crippen molar-refractivity contribution in [3.63, 3.8) is 0 Å². The van der Waals surface area contributed by atoms with Crippen molar-refractivity contribution < 1.29 is 19.0 Å². The molecule has 5 heteroatoms. The molecule has 120 valence electrons. The Morgan fingerprint density at radius 3 is 2.50 bits per heavy atom. The maximum atomic E-state index is 9.70. The predicted octanol–water partition coefficient (Wildman–Crippen LogP) is 2.68. The second kappa shape index (κ2) is 7.87. The van der Waals surface area contributed by atoms with Gasteiger partial charge in [-0.1, -0.05) is 6.07 Å². The lowest BCUT2D eigenvalue weighted by Gasteiger charge is -2.23. The number of nitrogens with zero attached hydrogens (tertiary/aromatic N) is 1. The molecule has 0 fully saturated rings. The molecular weight excluding hydrogens is 282 g/mol. The summed E-state index contributed by atoms with van der Waals surface area (Å²) in [6.45, 7) is 3.68. The van der Waals surface area contributed by atoms with Gasteiger partial charge in [-0.2, -0.15) is 0 Å². The van der Waals surface area contributed by atoms with Crippen LogP contribution < -0.4 is 9.47 Å². The Balaban J connectivity index is 2.12. The molecule has 1 heterocycles. The fourth-order valence-corrected chi connectivity index (χ4v) is 2.42. The van der Waals surface area contributed by atoms with Crippen LogP contribution in [0.1, 0.15) is 18.2 Å². The van der Waals surface area contributed by atoms with E-state index in [1.807, 2.05) is 30.3 Å². The van der Waals surface area contributed by atoms with Gasteiger partial charge in [0.2, 0.25) is 0 Å². The molecule has 0 bridgehead atoms. The zero-order valence-corrected chi connectivity index (χ0v) is 13.3. The summed E-state index contributed by atoms with van der Waals surface area (Å²) < 4.78 is 16.0. The first-order chi connectivity index (χ1) is 10.6. The van der Waals surface area contributed by atoms with Crippen LogP contribution in [-0.4, -0.2) is 36.9 Å². The van der Waals surface area contributed by atoms with E-state index in [-0.39, 0.29) is 0 Å². The molecule has 1 aromatic heterocycles. The topological polar surface area (TPSA) is 55.1 Å². The van der Waals surface area contributed by atoms with Crippen molar-refractivity contribution in [1.82, 2.24) is 4.90 Å². The van der Waals surface area contributed by atoms with Crippen LogP contribution in [0, 0.1) is 0 Å². The Morgan fingerprint density at radius 2 is 1.91 bits per heavy atom. The van der Waals surface area contributed by atoms with Gasteiger partial charge in [-0.3, -0.25) is 4.90 Å². The molecule has 5 nitrogen and oxygen atoms in total. The van der Waals surface area contributed by atoms with Crippen LogP contribution in [0.15, 0.2) is 41.0 Å². The molecule has 2 aromatic rings. The van der Waals surface area contributed by atoms with E-state index in [1.165, 1.54) is 0 Å². The zero-order valence-electron chi connectivity index (χ0n) is 13.3. The fraction of sp³-hybridized carbons (Fsp3) is 0.412. The highest BCUT2D eigenvalue weighted by Gasteiger charge is 2.13. The normalized spacial score (nSPS) is 12.4. The summed E-state index contributed by atoms with van der Waals surface area (Å²) >= 11 is 0. The van der Waals surface area contributed by atoms with E-state index >= 15 is 0 Å². The van der Waals surface area contributed by atoms with Crippen LogP contribution in [-0.2, 0) is 13.1 Å². The van der Waals surface area contributed by atoms with Crippen molar-refractivity contribution in [3.8, 4) is 11.5 Å². The summed E-state index contributed by atoms with van der Waals surface area (Å²) in [6.07, 6.45) is 1.25. The molecule has 0 aliphatic rings. The number of hydrogen-bond acceptors (Lipinski definition) is 5. The third-order valence-corrected chi connectivity index (χ3v) is 3.34. The first-order valence-corrected chi connectivity index (χ1v) is 7.26. The molecule has 2 rings (SSSR count). The van der Waals surface area contributed by atoms with Crippen LogP contribution in [0.2, 0.25) is 0 Å². The van der Waals surface area contributed by atoms with Crippen molar-refractivity contribution in [2.24, 2.45) is 0 Å². The van der Waals surface area contributed by atoms with Crippen molar-refractivity contribution >= 4 is 0 Å². The minimum absolute atomic E-state index is 0.407. The van der Waals surface area contributed by atoms with Crippen molar-refractivity contribution in [2.45, 2.75) is 26.1 Å². The summed E-state index contributed by atoms with van der Waals surface area (Å²) in [5.74, 6) is 2.29. The average molecular weight is 305 g/mol. The number of methoxy groups -OCH3 is 2. The maximum Gasteiger partial charge on any atom is 0.161 e. The Bertz CT molecular complexity index is 566. The fourth-order valence-electron chi connectivity index (χ4n) is 2.42. The van der Waals surface area contributed by atoms with Gasteiger partial charge in [0.25, 0.3) is 0 Å². The van der Waals surface area contributed by atoms with Gasteiger partial charge in [0, 0.05) is 13.1 Å². The number of furan rings is 1. The lowest BCUT2D eigenvalue weighted by atomic mass is 10.1. The second-order valence-corrected chi connectivity index (χ2v) is 5.29. The molecule has 0 saturated heterocycles. The summed E-state index contributed by atoms with van der Waals surface area (Å²) in [5.41, 5.74) is 1.09. The maximum absolute atomic E-state index is 9.70. The van der Waals surface area contributed by atoms with Gasteiger partial charge in [0.1, 0.15) is 5.76 Å². The molecule has 0 unspecified atom stereocenters. The van der Waals surface area contributed by atoms with Crippen LogP contribution in [0.4, 0.5) is 0 Å². The summed E-state index contributed by atoms with van der Waals surface area (Å²) in [7, 11) is 3.24. The SMILES string of the molecule is COc1ccc(CN(Cc2ccco2)C[C@@H](C)O)cc1OC. The second-order valence-electron chi connectivity index (χ2n) is 5.29. The molecule has 0 radical (unpaired) electrons. The first-order valence-electron chi connectivity index (χ1n) is 7.26. The van der Waals surface area contributed by atoms with E-state index < -0.39 is 6.10 Å². The van der Waals surface area contributed by atoms with Gasteiger partial charge in [-0.15, -0.1) is 0 Å². The van der Waals surface area contributed by atoms with E-state index in [4.69, 9.17) is 13.9 Å². The van der Waals surface area contributed by atoms with E-state index in [0.717, 1.165) is 11.3 Å². The Morgan fingerprint density at radius 1 is 1.14 bits per heavy atom. The quantitative estimate of drug-likeness (QED) is 0.812. The largest absolute Gasteiger partial charge is 0.493 e. The molecule has 0 aliphatic carbocycles. The molecule has 1 atom stereocenters. The number of ether oxygens (including phenoxy) is 2. The van der Waals surface area contributed by atoms with Gasteiger partial charge in [0.05, 0.1) is 33.1 Å². The van der Waals surface area contributed by atoms with Crippen molar-refractivity contribution in [1.29, 1.82) is 0 Å². The molecule has 1 aromatic carbocycles. The zero-order chi connectivity index (χ0) is 15.9. The molecule has 1 N–H and O–H groups in total. The van der Waals surface area contributed by atoms with Gasteiger partial charge in [0.15, 0.2) is 11.5 Å². The number of hydrogen-bond donors (Lipinski definition) is 1. The smallest absolute Gasteiger partial charge is 0.161 e. The highest BCUT2D eigenvalue weighted by molar-refractivity contribution is 5.42. The highest BCUT2D eigenvalue weighted by atomic mass is 16.5.